The van der Waals surface area contributed by atoms with E-state index in [-0.39, 0.29) is 19.7 Å². The second-order valence-corrected chi connectivity index (χ2v) is 3.34. The predicted octanol–water partition coefficient (Wildman–Crippen LogP) is 0.139. The summed E-state index contributed by atoms with van der Waals surface area (Å²) < 4.78 is 4.88. The third-order valence-corrected chi connectivity index (χ3v) is 1.96. The third-order valence-electron chi connectivity index (χ3n) is 1.96. The Bertz CT molecular complexity index is 406. The van der Waals surface area contributed by atoms with Gasteiger partial charge in [-0.1, -0.05) is 30.3 Å². The molecule has 1 radical (unpaired) electrons. The Kier molecular flexibility index (Phi) is 5.96. The van der Waals surface area contributed by atoms with E-state index in [4.69, 9.17) is 4.74 Å². The van der Waals surface area contributed by atoms with Crippen molar-refractivity contribution in [2.45, 2.75) is 6.61 Å². The van der Waals surface area contributed by atoms with Gasteiger partial charge in [-0.15, -0.1) is 0 Å². The van der Waals surface area contributed by atoms with Crippen LogP contribution >= 0.6 is 0 Å². The van der Waals surface area contributed by atoms with Gasteiger partial charge in [0.2, 0.25) is 12.2 Å². The minimum Gasteiger partial charge on any atom is -0.445 e. The Balaban J connectivity index is 2.18. The highest BCUT2D eigenvalue weighted by Gasteiger charge is 2.05. The molecule has 0 spiro atoms. The molecule has 1 rings (SSSR count). The van der Waals surface area contributed by atoms with Gasteiger partial charge in [0.05, 0.1) is 6.54 Å². The van der Waals surface area contributed by atoms with Crippen LogP contribution in [0.5, 0.6) is 0 Å². The molecule has 6 nitrogen and oxygen atoms in total. The summed E-state index contributed by atoms with van der Waals surface area (Å²) in [4.78, 5) is 32.1. The molecule has 0 fully saturated rings. The van der Waals surface area contributed by atoms with Crippen molar-refractivity contribution in [3.63, 3.8) is 0 Å². The number of rotatable bonds is 6. The van der Waals surface area contributed by atoms with E-state index in [1.807, 2.05) is 30.3 Å². The average Bonchev–Trinajstić information content (AvgIpc) is 2.41. The van der Waals surface area contributed by atoms with Crippen molar-refractivity contribution in [2.75, 3.05) is 13.1 Å². The average molecular weight is 249 g/mol. The predicted molar refractivity (Wildman–Crippen MR) is 63.3 cm³/mol. The Morgan fingerprint density at radius 3 is 2.56 bits per heavy atom. The molecule has 0 saturated carbocycles. The molecule has 2 N–H and O–H groups in total. The van der Waals surface area contributed by atoms with Crippen LogP contribution in [0.2, 0.25) is 0 Å². The molecule has 0 unspecified atom stereocenters. The van der Waals surface area contributed by atoms with Crippen molar-refractivity contribution in [1.29, 1.82) is 0 Å². The maximum atomic E-state index is 11.2. The molecule has 2 amide bonds. The summed E-state index contributed by atoms with van der Waals surface area (Å²) in [7, 11) is 0. The summed E-state index contributed by atoms with van der Waals surface area (Å²) in [6.07, 6.45) is 0.816. The van der Waals surface area contributed by atoms with Crippen molar-refractivity contribution >= 4 is 18.3 Å². The zero-order valence-electron chi connectivity index (χ0n) is 9.64. The van der Waals surface area contributed by atoms with Gasteiger partial charge in [0.25, 0.3) is 0 Å². The Hall–Kier alpha value is -2.37. The first kappa shape index (κ1) is 13.7. The van der Waals surface area contributed by atoms with Crippen LogP contribution in [0, 0.1) is 0 Å². The number of nitrogens with one attached hydrogen (secondary N) is 2. The summed E-state index contributed by atoms with van der Waals surface area (Å²) in [6.45, 7) is -0.300. The zero-order valence-corrected chi connectivity index (χ0v) is 9.64. The van der Waals surface area contributed by atoms with E-state index >= 15 is 0 Å². The number of amides is 2. The Morgan fingerprint density at radius 1 is 1.17 bits per heavy atom. The lowest BCUT2D eigenvalue weighted by Gasteiger charge is -2.06. The van der Waals surface area contributed by atoms with Crippen molar-refractivity contribution in [1.82, 2.24) is 10.6 Å². The lowest BCUT2D eigenvalue weighted by Crippen LogP contribution is -2.37. The summed E-state index contributed by atoms with van der Waals surface area (Å²) >= 11 is 0. The van der Waals surface area contributed by atoms with Crippen molar-refractivity contribution < 1.29 is 19.1 Å². The molecule has 6 heteroatoms. The van der Waals surface area contributed by atoms with Crippen LogP contribution in [0.3, 0.4) is 0 Å². The van der Waals surface area contributed by atoms with Gasteiger partial charge in [-0.05, 0) is 5.56 Å². The van der Waals surface area contributed by atoms with Crippen LogP contribution < -0.4 is 10.6 Å². The van der Waals surface area contributed by atoms with Crippen molar-refractivity contribution in [3.8, 4) is 0 Å². The van der Waals surface area contributed by atoms with Crippen LogP contribution in [-0.2, 0) is 20.9 Å². The molecular formula is C12H13N2O4. The number of carbonyl (C=O) groups excluding carboxylic acids is 3. The molecule has 0 aliphatic heterocycles. The maximum absolute atomic E-state index is 11.2. The second kappa shape index (κ2) is 7.83. The molecular weight excluding hydrogens is 236 g/mol. The minimum absolute atomic E-state index is 0.135. The second-order valence-electron chi connectivity index (χ2n) is 3.34. The molecule has 0 atom stereocenters. The fraction of sp³-hybridized carbons (Fsp3) is 0.250. The van der Waals surface area contributed by atoms with Gasteiger partial charge in [0.1, 0.15) is 13.2 Å². The smallest absolute Gasteiger partial charge is 0.407 e. The first-order valence-corrected chi connectivity index (χ1v) is 5.28. The summed E-state index contributed by atoms with van der Waals surface area (Å²) in [5.41, 5.74) is 0.854. The standard InChI is InChI=1S/C12H13N2O4/c15-7-6-13-11(16)8-14-12(17)18-9-10-4-2-1-3-5-10/h1-5H,6,8-9H2,(H,13,16)(H,14,17). The van der Waals surface area contributed by atoms with Crippen LogP contribution in [0.4, 0.5) is 4.79 Å². The van der Waals surface area contributed by atoms with Crippen LogP contribution in [-0.4, -0.2) is 31.4 Å². The minimum atomic E-state index is -0.691. The van der Waals surface area contributed by atoms with Crippen LogP contribution in [0.15, 0.2) is 30.3 Å². The summed E-state index contributed by atoms with van der Waals surface area (Å²) in [5.74, 6) is -0.477. The number of alkyl carbamates (subject to hydrolysis) is 1. The van der Waals surface area contributed by atoms with Gasteiger partial charge in [-0.2, -0.15) is 0 Å². The Labute approximate surface area is 104 Å². The van der Waals surface area contributed by atoms with Crippen LogP contribution in [0.1, 0.15) is 5.56 Å². The molecule has 0 saturated heterocycles. The third kappa shape index (κ3) is 5.64. The quantitative estimate of drug-likeness (QED) is 0.751. The van der Waals surface area contributed by atoms with E-state index in [0.717, 1.165) is 5.56 Å². The number of hydrogen-bond acceptors (Lipinski definition) is 4. The number of hydrogen-bond donors (Lipinski definition) is 2. The molecule has 1 aromatic carbocycles. The van der Waals surface area contributed by atoms with E-state index in [0.29, 0.717) is 0 Å². The van der Waals surface area contributed by atoms with Crippen molar-refractivity contribution in [3.05, 3.63) is 35.9 Å². The van der Waals surface area contributed by atoms with E-state index in [1.165, 1.54) is 6.29 Å². The van der Waals surface area contributed by atoms with Gasteiger partial charge in [0, 0.05) is 0 Å². The van der Waals surface area contributed by atoms with E-state index < -0.39 is 12.0 Å². The van der Waals surface area contributed by atoms with Crippen LogP contribution in [0.25, 0.3) is 0 Å². The Morgan fingerprint density at radius 2 is 1.89 bits per heavy atom. The van der Waals surface area contributed by atoms with Crippen molar-refractivity contribution in [2.24, 2.45) is 0 Å². The van der Waals surface area contributed by atoms with E-state index in [9.17, 15) is 14.4 Å². The summed E-state index contributed by atoms with van der Waals surface area (Å²) in [6, 6.07) is 9.16. The fourth-order valence-corrected chi connectivity index (χ4v) is 1.12. The lowest BCUT2D eigenvalue weighted by atomic mass is 10.2. The molecule has 0 bridgehead atoms. The fourth-order valence-electron chi connectivity index (χ4n) is 1.12. The van der Waals surface area contributed by atoms with Gasteiger partial charge in [-0.25, -0.2) is 4.79 Å². The number of benzene rings is 1. The SMILES string of the molecule is O=[C]CNC(=O)CNC(=O)OCc1ccccc1. The summed E-state index contributed by atoms with van der Waals surface area (Å²) in [5, 5.41) is 4.49. The zero-order chi connectivity index (χ0) is 13.2. The molecule has 0 aromatic heterocycles. The molecule has 18 heavy (non-hydrogen) atoms. The molecule has 0 aliphatic rings. The highest BCUT2D eigenvalue weighted by Crippen LogP contribution is 2.00. The van der Waals surface area contributed by atoms with Gasteiger partial charge in [-0.3, -0.25) is 9.59 Å². The highest BCUT2D eigenvalue weighted by molar-refractivity contribution is 5.83. The van der Waals surface area contributed by atoms with E-state index in [2.05, 4.69) is 10.6 Å². The number of carbonyl (C=O) groups is 2. The number of ether oxygens (including phenoxy) is 1. The maximum Gasteiger partial charge on any atom is 0.407 e. The van der Waals surface area contributed by atoms with E-state index in [1.54, 1.807) is 0 Å². The first-order chi connectivity index (χ1) is 8.72. The van der Waals surface area contributed by atoms with Gasteiger partial charge >= 0.3 is 6.09 Å². The lowest BCUT2D eigenvalue weighted by molar-refractivity contribution is -0.119. The molecule has 0 aliphatic carbocycles. The first-order valence-electron chi connectivity index (χ1n) is 5.28. The topological polar surface area (TPSA) is 84.5 Å². The highest BCUT2D eigenvalue weighted by atomic mass is 16.5. The monoisotopic (exact) mass is 249 g/mol. The van der Waals surface area contributed by atoms with Gasteiger partial charge < -0.3 is 15.4 Å². The molecule has 0 heterocycles. The largest absolute Gasteiger partial charge is 0.445 e. The molecule has 95 valence electrons. The van der Waals surface area contributed by atoms with Gasteiger partial charge in [0.15, 0.2) is 0 Å². The molecule has 1 aromatic rings. The normalized spacial score (nSPS) is 9.33.